The van der Waals surface area contributed by atoms with Crippen molar-refractivity contribution in [2.75, 3.05) is 18.4 Å². The summed E-state index contributed by atoms with van der Waals surface area (Å²) in [4.78, 5) is 15.7. The van der Waals surface area contributed by atoms with Crippen LogP contribution >= 0.6 is 0 Å². The Bertz CT molecular complexity index is 862. The maximum absolute atomic E-state index is 4.49. The van der Waals surface area contributed by atoms with E-state index in [4.69, 9.17) is 0 Å². The highest BCUT2D eigenvalue weighted by Crippen LogP contribution is 2.23. The van der Waals surface area contributed by atoms with Gasteiger partial charge in [-0.15, -0.1) is 0 Å². The Morgan fingerprint density at radius 2 is 2.19 bits per heavy atom. The van der Waals surface area contributed by atoms with Gasteiger partial charge in [-0.2, -0.15) is 5.10 Å². The van der Waals surface area contributed by atoms with Gasteiger partial charge in [-0.3, -0.25) is 10.00 Å². The van der Waals surface area contributed by atoms with Crippen molar-refractivity contribution in [3.05, 3.63) is 59.9 Å². The molecule has 0 aliphatic carbocycles. The second-order valence-electron chi connectivity index (χ2n) is 7.22. The zero-order valence-corrected chi connectivity index (χ0v) is 15.6. The van der Waals surface area contributed by atoms with Crippen LogP contribution in [-0.4, -0.2) is 43.1 Å². The van der Waals surface area contributed by atoms with E-state index in [1.165, 1.54) is 18.5 Å². The molecule has 7 nitrogen and oxygen atoms in total. The van der Waals surface area contributed by atoms with Crippen molar-refractivity contribution < 1.29 is 0 Å². The standard InChI is InChI=1S/C20H25N7/c1-15-4-2-7-21-20(15)25-19-11-18(22-14-23-19)10-16-5-3-9-27(12-16)13-17-6-8-24-26-17/h2,4,6-8,11,14,16H,3,5,9-10,12-13H2,1H3,(H,24,26)(H,21,22,23,25)/t16-/m1/s1. The third-order valence-corrected chi connectivity index (χ3v) is 5.03. The number of nitrogens with one attached hydrogen (secondary N) is 2. The minimum atomic E-state index is 0.612. The van der Waals surface area contributed by atoms with Crippen molar-refractivity contribution in [3.63, 3.8) is 0 Å². The van der Waals surface area contributed by atoms with E-state index in [0.29, 0.717) is 5.92 Å². The molecule has 4 heterocycles. The fourth-order valence-corrected chi connectivity index (χ4v) is 3.69. The molecule has 2 N–H and O–H groups in total. The molecular formula is C20H25N7. The third kappa shape index (κ3) is 4.68. The van der Waals surface area contributed by atoms with Crippen molar-refractivity contribution in [3.8, 4) is 0 Å². The summed E-state index contributed by atoms with van der Waals surface area (Å²) in [5, 5.41) is 10.4. The number of pyridine rings is 1. The van der Waals surface area contributed by atoms with Gasteiger partial charge in [0.1, 0.15) is 18.0 Å². The molecule has 0 unspecified atom stereocenters. The Hall–Kier alpha value is -2.80. The van der Waals surface area contributed by atoms with Gasteiger partial charge in [0.25, 0.3) is 0 Å². The average Bonchev–Trinajstić information content (AvgIpc) is 3.17. The van der Waals surface area contributed by atoms with Crippen molar-refractivity contribution >= 4 is 11.6 Å². The van der Waals surface area contributed by atoms with Crippen LogP contribution in [0, 0.1) is 12.8 Å². The second-order valence-corrected chi connectivity index (χ2v) is 7.22. The molecule has 0 radical (unpaired) electrons. The molecule has 7 heteroatoms. The molecular weight excluding hydrogens is 338 g/mol. The van der Waals surface area contributed by atoms with Crippen LogP contribution in [0.15, 0.2) is 43.0 Å². The van der Waals surface area contributed by atoms with Crippen molar-refractivity contribution in [2.45, 2.75) is 32.7 Å². The first-order valence-corrected chi connectivity index (χ1v) is 9.46. The highest BCUT2D eigenvalue weighted by Gasteiger charge is 2.21. The van der Waals surface area contributed by atoms with E-state index >= 15 is 0 Å². The monoisotopic (exact) mass is 363 g/mol. The van der Waals surface area contributed by atoms with E-state index in [0.717, 1.165) is 48.9 Å². The fraction of sp³-hybridized carbons (Fsp3) is 0.400. The number of H-pyrrole nitrogens is 1. The Morgan fingerprint density at radius 3 is 3.04 bits per heavy atom. The third-order valence-electron chi connectivity index (χ3n) is 5.03. The topological polar surface area (TPSA) is 82.6 Å². The SMILES string of the molecule is Cc1cccnc1Nc1cc(C[C@H]2CCCN(Cc3ccn[nH]3)C2)ncn1. The summed E-state index contributed by atoms with van der Waals surface area (Å²) >= 11 is 0. The van der Waals surface area contributed by atoms with Gasteiger partial charge in [0, 0.05) is 42.9 Å². The Labute approximate surface area is 159 Å². The van der Waals surface area contributed by atoms with Crippen LogP contribution in [0.3, 0.4) is 0 Å². The number of rotatable bonds is 6. The Morgan fingerprint density at radius 1 is 1.22 bits per heavy atom. The van der Waals surface area contributed by atoms with E-state index in [1.807, 2.05) is 37.4 Å². The summed E-state index contributed by atoms with van der Waals surface area (Å²) in [7, 11) is 0. The fourth-order valence-electron chi connectivity index (χ4n) is 3.69. The van der Waals surface area contributed by atoms with E-state index in [9.17, 15) is 0 Å². The highest BCUT2D eigenvalue weighted by molar-refractivity contribution is 5.55. The maximum atomic E-state index is 4.49. The molecule has 1 aliphatic heterocycles. The van der Waals surface area contributed by atoms with Gasteiger partial charge in [0.15, 0.2) is 0 Å². The summed E-state index contributed by atoms with van der Waals surface area (Å²) in [5.74, 6) is 2.25. The summed E-state index contributed by atoms with van der Waals surface area (Å²) < 4.78 is 0. The van der Waals surface area contributed by atoms with Crippen molar-refractivity contribution in [1.82, 2.24) is 30.0 Å². The van der Waals surface area contributed by atoms with Crippen LogP contribution in [0.5, 0.6) is 0 Å². The van der Waals surface area contributed by atoms with Gasteiger partial charge < -0.3 is 5.32 Å². The first-order chi connectivity index (χ1) is 13.3. The van der Waals surface area contributed by atoms with Gasteiger partial charge in [-0.25, -0.2) is 15.0 Å². The first kappa shape index (κ1) is 17.6. The molecule has 0 amide bonds. The van der Waals surface area contributed by atoms with Gasteiger partial charge >= 0.3 is 0 Å². The van der Waals surface area contributed by atoms with Gasteiger partial charge in [-0.1, -0.05) is 6.07 Å². The molecule has 1 fully saturated rings. The number of aromatic amines is 1. The van der Waals surface area contributed by atoms with Gasteiger partial charge in [0.2, 0.25) is 0 Å². The molecule has 0 spiro atoms. The van der Waals surface area contributed by atoms with Crippen LogP contribution in [0.4, 0.5) is 11.6 Å². The highest BCUT2D eigenvalue weighted by atomic mass is 15.2. The molecule has 1 aliphatic rings. The lowest BCUT2D eigenvalue weighted by Gasteiger charge is -2.32. The molecule has 3 aromatic rings. The minimum Gasteiger partial charge on any atom is -0.325 e. The largest absolute Gasteiger partial charge is 0.325 e. The minimum absolute atomic E-state index is 0.612. The zero-order valence-electron chi connectivity index (χ0n) is 15.6. The molecule has 1 atom stereocenters. The summed E-state index contributed by atoms with van der Waals surface area (Å²) in [5.41, 5.74) is 3.35. The lowest BCUT2D eigenvalue weighted by Crippen LogP contribution is -2.35. The molecule has 3 aromatic heterocycles. The molecule has 0 aromatic carbocycles. The number of hydrogen-bond donors (Lipinski definition) is 2. The number of nitrogens with zero attached hydrogens (tertiary/aromatic N) is 5. The zero-order chi connectivity index (χ0) is 18.5. The number of aryl methyl sites for hydroxylation is 1. The lowest BCUT2D eigenvalue weighted by molar-refractivity contribution is 0.164. The van der Waals surface area contributed by atoms with E-state index in [-0.39, 0.29) is 0 Å². The lowest BCUT2D eigenvalue weighted by atomic mass is 9.93. The molecule has 0 bridgehead atoms. The second kappa shape index (κ2) is 8.26. The van der Waals surface area contributed by atoms with E-state index < -0.39 is 0 Å². The first-order valence-electron chi connectivity index (χ1n) is 9.46. The number of aromatic nitrogens is 5. The van der Waals surface area contributed by atoms with Crippen LogP contribution in [0.25, 0.3) is 0 Å². The van der Waals surface area contributed by atoms with E-state index in [1.54, 1.807) is 12.5 Å². The molecule has 27 heavy (non-hydrogen) atoms. The normalized spacial score (nSPS) is 17.7. The molecule has 4 rings (SSSR count). The molecule has 0 saturated carbocycles. The summed E-state index contributed by atoms with van der Waals surface area (Å²) in [6.07, 6.45) is 8.68. The quantitative estimate of drug-likeness (QED) is 0.700. The number of likely N-dealkylation sites (tertiary alicyclic amines) is 1. The van der Waals surface area contributed by atoms with Crippen LogP contribution in [0.2, 0.25) is 0 Å². The maximum Gasteiger partial charge on any atom is 0.135 e. The summed E-state index contributed by atoms with van der Waals surface area (Å²) in [6.45, 7) is 5.20. The number of piperidine rings is 1. The van der Waals surface area contributed by atoms with Gasteiger partial charge in [0.05, 0.1) is 0 Å². The van der Waals surface area contributed by atoms with Crippen LogP contribution in [0.1, 0.15) is 29.8 Å². The smallest absolute Gasteiger partial charge is 0.135 e. The van der Waals surface area contributed by atoms with Crippen molar-refractivity contribution in [2.24, 2.45) is 5.92 Å². The van der Waals surface area contributed by atoms with Gasteiger partial charge in [-0.05, 0) is 56.3 Å². The predicted molar refractivity (Wildman–Crippen MR) is 105 cm³/mol. The molecule has 140 valence electrons. The summed E-state index contributed by atoms with van der Waals surface area (Å²) in [6, 6.07) is 8.06. The van der Waals surface area contributed by atoms with Crippen molar-refractivity contribution in [1.29, 1.82) is 0 Å². The van der Waals surface area contributed by atoms with E-state index in [2.05, 4.69) is 35.4 Å². The molecule has 1 saturated heterocycles. The number of anilines is 2. The number of hydrogen-bond acceptors (Lipinski definition) is 6. The predicted octanol–water partition coefficient (Wildman–Crippen LogP) is 3.10. The Kier molecular flexibility index (Phi) is 5.39. The van der Waals surface area contributed by atoms with Crippen LogP contribution in [-0.2, 0) is 13.0 Å². The Balaban J connectivity index is 1.38. The average molecular weight is 363 g/mol. The van der Waals surface area contributed by atoms with Crippen LogP contribution < -0.4 is 5.32 Å².